The van der Waals surface area contributed by atoms with Crippen LogP contribution in [0.25, 0.3) is 0 Å². The zero-order chi connectivity index (χ0) is 85.2. The van der Waals surface area contributed by atoms with Crippen LogP contribution in [-0.4, -0.2) is 290 Å². The Balaban J connectivity index is 0.727. The van der Waals surface area contributed by atoms with Crippen LogP contribution in [0.4, 0.5) is 4.79 Å². The normalized spacial score (nSPS) is 33.2. The van der Waals surface area contributed by atoms with Gasteiger partial charge < -0.3 is 125 Å². The summed E-state index contributed by atoms with van der Waals surface area (Å²) in [5.74, 6) is 2.61. The molecule has 37 heteroatoms. The molecular weight excluding hydrogens is 1590 g/mol. The zero-order valence-electron chi connectivity index (χ0n) is 69.3. The Labute approximate surface area is 694 Å². The number of carbonyl (C=O) groups excluding carboxylic acids is 6. The summed E-state index contributed by atoms with van der Waals surface area (Å²) in [6.45, 7) is 6.26. The van der Waals surface area contributed by atoms with Gasteiger partial charge in [0.1, 0.15) is 61.0 Å². The molecule has 7 fully saturated rings. The van der Waals surface area contributed by atoms with Crippen molar-refractivity contribution in [2.75, 3.05) is 85.6 Å². The molecule has 0 bridgehead atoms. The van der Waals surface area contributed by atoms with Crippen LogP contribution in [0, 0.1) is 46.3 Å². The van der Waals surface area contributed by atoms with Crippen LogP contribution in [0.3, 0.4) is 0 Å². The van der Waals surface area contributed by atoms with E-state index >= 15 is 0 Å². The summed E-state index contributed by atoms with van der Waals surface area (Å²) in [5, 5.41) is 111. The maximum atomic E-state index is 13.9. The molecule has 117 heavy (non-hydrogen) atoms. The average Bonchev–Trinajstić information content (AvgIpc) is 1.67. The number of nitrogens with one attached hydrogen (secondary N) is 4. The lowest BCUT2D eigenvalue weighted by Gasteiger charge is -2.58. The summed E-state index contributed by atoms with van der Waals surface area (Å²) >= 11 is 5.11. The molecule has 4 aliphatic heterocycles. The Kier molecular flexibility index (Phi) is 40.6. The van der Waals surface area contributed by atoms with Gasteiger partial charge in [-0.3, -0.25) is 33.0 Å². The fourth-order valence-electron chi connectivity index (χ4n) is 19.4. The topological polar surface area (TPSA) is 500 Å². The second-order valence-electron chi connectivity index (χ2n) is 34.8. The molecule has 16 N–H and O–H groups in total. The van der Waals surface area contributed by atoms with Crippen LogP contribution in [-0.2, 0) is 82.1 Å². The quantitative estimate of drug-likeness (QED) is 0.0228. The summed E-state index contributed by atoms with van der Waals surface area (Å²) in [6.07, 6.45) is 4.00. The van der Waals surface area contributed by atoms with Crippen molar-refractivity contribution in [3.63, 3.8) is 0 Å². The summed E-state index contributed by atoms with van der Waals surface area (Å²) < 4.78 is 63.3. The minimum atomic E-state index is -4.90. The zero-order valence-corrected chi connectivity index (χ0v) is 71.9. The Morgan fingerprint density at radius 3 is 1.79 bits per heavy atom. The fourth-order valence-corrected chi connectivity index (χ4v) is 21.5. The van der Waals surface area contributed by atoms with Gasteiger partial charge in [-0.05, 0) is 187 Å². The number of β-amino-alcohol motifs (C(OH)–C–C–N with tert-alkyl or cyclic N) is 1. The van der Waals surface area contributed by atoms with Gasteiger partial charge in [0.05, 0.1) is 63.9 Å². The van der Waals surface area contributed by atoms with Gasteiger partial charge in [0, 0.05) is 78.0 Å². The number of alkyl carbamates (subject to hydrolysis) is 1. The Morgan fingerprint density at radius 2 is 1.17 bits per heavy atom. The molecule has 674 valence electrons. The molecule has 16 unspecified atom stereocenters. The second-order valence-corrected chi connectivity index (χ2v) is 39.0. The number of carbonyl (C=O) groups is 6. The molecule has 3 saturated carbocycles. The minimum Gasteiger partial charge on any atom is -0.446 e. The molecule has 0 aromatic carbocycles. The molecule has 0 aromatic rings. The molecule has 0 radical (unpaired) electrons. The summed E-state index contributed by atoms with van der Waals surface area (Å²) in [5.41, 5.74) is 2.00. The van der Waals surface area contributed by atoms with Crippen molar-refractivity contribution < 1.29 is 136 Å². The number of aliphatic hydroxyl groups is 10. The second kappa shape index (κ2) is 48.1. The van der Waals surface area contributed by atoms with Crippen molar-refractivity contribution in [3.8, 4) is 0 Å². The molecule has 8 aliphatic rings. The predicted molar refractivity (Wildman–Crippen MR) is 430 cm³/mol. The van der Waals surface area contributed by atoms with Gasteiger partial charge in [-0.2, -0.15) is 0 Å². The third kappa shape index (κ3) is 29.3. The van der Waals surface area contributed by atoms with E-state index < -0.39 is 151 Å². The van der Waals surface area contributed by atoms with E-state index in [4.69, 9.17) is 53.6 Å². The van der Waals surface area contributed by atoms with Crippen LogP contribution in [0.5, 0.6) is 0 Å². The van der Waals surface area contributed by atoms with E-state index in [9.17, 15) is 94.2 Å². The highest BCUT2D eigenvalue weighted by atomic mass is 32.5. The first kappa shape index (κ1) is 98.9. The summed E-state index contributed by atoms with van der Waals surface area (Å²) in [6, 6.07) is -2.57. The van der Waals surface area contributed by atoms with E-state index in [1.54, 1.807) is 0 Å². The molecule has 6 amide bonds. The number of ether oxygens (including phenoxy) is 5. The van der Waals surface area contributed by atoms with Gasteiger partial charge in [-0.25, -0.2) is 9.36 Å². The fraction of sp³-hybridized carbons (Fsp3) is 0.900. The van der Waals surface area contributed by atoms with E-state index in [0.717, 1.165) is 49.4 Å². The third-order valence-electron chi connectivity index (χ3n) is 25.9. The van der Waals surface area contributed by atoms with Crippen LogP contribution in [0.15, 0.2) is 11.6 Å². The van der Waals surface area contributed by atoms with E-state index in [1.165, 1.54) is 60.3 Å². The number of unbranched alkanes of at least 4 members (excludes halogenated alkanes) is 7. The highest BCUT2D eigenvalue weighted by Crippen LogP contribution is 2.67. The number of amides is 6. The first-order valence-corrected chi connectivity index (χ1v) is 47.3. The average molecular weight is 1730 g/mol. The number of hydrogen-bond acceptors (Lipinski definition) is 27. The van der Waals surface area contributed by atoms with Crippen molar-refractivity contribution in [1.29, 1.82) is 0 Å². The number of allylic oxidation sites excluding steroid dienone is 1. The number of nitrogens with zero attached hydrogens (tertiary/aromatic N) is 2. The Bertz CT molecular complexity index is 3230. The molecule has 25 atom stereocenters. The maximum Gasteiger partial charge on any atom is 0.472 e. The highest BCUT2D eigenvalue weighted by Gasteiger charge is 2.60. The number of phosphoric ester groups is 1. The lowest BCUT2D eigenvalue weighted by atomic mass is 9.47. The minimum absolute atomic E-state index is 0.0169. The van der Waals surface area contributed by atoms with Gasteiger partial charge in [-0.1, -0.05) is 78.4 Å². The molecule has 4 saturated heterocycles. The lowest BCUT2D eigenvalue weighted by Crippen LogP contribution is -2.59. The van der Waals surface area contributed by atoms with E-state index in [0.29, 0.717) is 94.4 Å². The van der Waals surface area contributed by atoms with Crippen LogP contribution in [0.2, 0.25) is 0 Å². The molecule has 4 aliphatic carbocycles. The molecule has 0 aromatic heterocycles. The molecular formula is C80H140N6O28P2S. The van der Waals surface area contributed by atoms with Crippen molar-refractivity contribution >= 4 is 62.0 Å². The first-order chi connectivity index (χ1) is 55.7. The number of aliphatic hydroxyl groups excluding tert-OH is 10. The number of rotatable bonds is 50. The van der Waals surface area contributed by atoms with Crippen molar-refractivity contribution in [1.82, 2.24) is 31.1 Å². The lowest BCUT2D eigenvalue weighted by molar-refractivity contribution is -0.301. The van der Waals surface area contributed by atoms with Crippen LogP contribution in [0.1, 0.15) is 227 Å². The maximum absolute atomic E-state index is 13.9. The van der Waals surface area contributed by atoms with Crippen LogP contribution >= 0.6 is 14.5 Å². The summed E-state index contributed by atoms with van der Waals surface area (Å²) in [4.78, 5) is 105. The third-order valence-corrected chi connectivity index (χ3v) is 28.5. The van der Waals surface area contributed by atoms with Gasteiger partial charge in [0.2, 0.25) is 29.5 Å². The number of phosphoric acid groups is 1. The Hall–Kier alpha value is -3.56. The number of hydrogen-bond donors (Lipinski definition) is 16. The highest BCUT2D eigenvalue weighted by molar-refractivity contribution is 8.07. The SMILES string of the molecule is CC(C)CCC[C@@H](C)[C@H]1CCC2[C@@H]3CC=C4C[C@H](OC(=O)NCCCCCC(=O)N5CC(OP(=O)(O)OC[C@@H]6C[C@@H](O)CN6C(=O)CCCCCNC(=O)[C@H](CCCCNC(=O)CCCCOC6OC(CO)C(O)C(O)C6O)NC(=O)CCCCOC6OC(CO)C(O)C(O)C6O)C[C@H]5COP(O)(=S)OCCO)CCC4(C)[C@@H]3CCC21C. The molecule has 4 heterocycles. The van der Waals surface area contributed by atoms with Gasteiger partial charge in [0.15, 0.2) is 12.6 Å². The predicted octanol–water partition coefficient (Wildman–Crippen LogP) is 4.41. The first-order valence-electron chi connectivity index (χ1n) is 43.2. The standard InChI is InChI=1S/C80H140N6O28P2S/c1-50(2)19-18-20-51(3)59-28-29-60-58-27-26-52-41-56(30-32-79(52,4)61(58)31-33-80(59,60)5)111-78(102)83-36-14-7-9-25-68(94)86-45-57(43-54(86)49-110-116(105,117)108-40-37-87)114-115(103,104)109-48-53-42-55(90)44-85(53)67(93)24-8-6-13-35-82-75(101)62(84-66(92)23-12-17-39-107-77-74(100)72(98)70(96)64(47-89)113-77)21-10-15-34-81-65(91)22-11-16-38-106-76-73(99)71(97)69(95)63(46-88)112-76/h26,50-51,53-64,69-74,76-77,87-90,95-100H,6-25,27-49H2,1-5H3,(H,81,91)(H,82,101)(H,83,102)(H,84,92)(H,103,104)(H,105,117)/t51-,53+,54+,55-,56-,57?,58+,59-,60?,61-,62+,63?,64?,69?,70?,71?,72?,73?,74?,76?,77?,79?,80?,116?/m1/s1. The van der Waals surface area contributed by atoms with Gasteiger partial charge in [0.25, 0.3) is 0 Å². The number of likely N-dealkylation sites (tertiary alicyclic amines) is 2. The van der Waals surface area contributed by atoms with E-state index in [1.807, 2.05) is 0 Å². The van der Waals surface area contributed by atoms with Crippen LogP contribution < -0.4 is 21.3 Å². The van der Waals surface area contributed by atoms with E-state index in [2.05, 4.69) is 62.0 Å². The van der Waals surface area contributed by atoms with Crippen molar-refractivity contribution in [3.05, 3.63) is 11.6 Å². The van der Waals surface area contributed by atoms with Gasteiger partial charge >= 0.3 is 20.6 Å². The van der Waals surface area contributed by atoms with Gasteiger partial charge in [-0.15, -0.1) is 0 Å². The molecule has 8 rings (SSSR count). The van der Waals surface area contributed by atoms with Crippen molar-refractivity contribution in [2.45, 2.75) is 325 Å². The molecule has 0 spiro atoms. The van der Waals surface area contributed by atoms with E-state index in [-0.39, 0.29) is 133 Å². The monoisotopic (exact) mass is 1730 g/mol. The number of fused-ring (bicyclic) bond motifs is 5. The smallest absolute Gasteiger partial charge is 0.446 e. The van der Waals surface area contributed by atoms with Crippen molar-refractivity contribution in [2.24, 2.45) is 46.3 Å². The largest absolute Gasteiger partial charge is 0.472 e. The Morgan fingerprint density at radius 1 is 0.590 bits per heavy atom. The molecule has 34 nitrogen and oxygen atoms in total. The summed E-state index contributed by atoms with van der Waals surface area (Å²) in [7, 11) is -4.90.